The smallest absolute Gasteiger partial charge is 0.220 e. The van der Waals surface area contributed by atoms with Crippen molar-refractivity contribution in [3.63, 3.8) is 0 Å². The van der Waals surface area contributed by atoms with Crippen molar-refractivity contribution < 1.29 is 14.2 Å². The van der Waals surface area contributed by atoms with Gasteiger partial charge in [-0.15, -0.1) is 0 Å². The van der Waals surface area contributed by atoms with Crippen LogP contribution in [-0.2, 0) is 6.42 Å². The Kier molecular flexibility index (Phi) is 4.39. The summed E-state index contributed by atoms with van der Waals surface area (Å²) in [4.78, 5) is 0. The van der Waals surface area contributed by atoms with Crippen LogP contribution in [0, 0.1) is 5.82 Å². The van der Waals surface area contributed by atoms with Gasteiger partial charge in [-0.25, -0.2) is 4.39 Å². The molecule has 1 aromatic carbocycles. The minimum Gasteiger partial charge on any atom is -0.481 e. The molecular formula is C15H19FN2O2. The fraction of sp³-hybridized carbons (Fsp3) is 0.400. The summed E-state index contributed by atoms with van der Waals surface area (Å²) in [5, 5.41) is 13.7. The lowest BCUT2D eigenvalue weighted by Gasteiger charge is -2.08. The Labute approximate surface area is 117 Å². The Morgan fingerprint density at radius 2 is 2.05 bits per heavy atom. The summed E-state index contributed by atoms with van der Waals surface area (Å²) in [5.74, 6) is 0.283. The number of para-hydroxylation sites is 1. The number of ether oxygens (including phenoxy) is 1. The first kappa shape index (κ1) is 14.5. The van der Waals surface area contributed by atoms with E-state index in [1.54, 1.807) is 18.2 Å². The minimum atomic E-state index is -0.362. The maximum absolute atomic E-state index is 14.0. The second kappa shape index (κ2) is 6.05. The standard InChI is InChI=1S/C15H19FN2O2/c1-10(2)14-11(8-9-19)15(20-3)18(17-14)13-7-5-4-6-12(13)16/h4-7,10,19H,8-9H2,1-3H3. The maximum Gasteiger partial charge on any atom is 0.220 e. The second-order valence-corrected chi connectivity index (χ2v) is 4.86. The van der Waals surface area contributed by atoms with Gasteiger partial charge in [-0.1, -0.05) is 26.0 Å². The normalized spacial score (nSPS) is 11.1. The van der Waals surface area contributed by atoms with Gasteiger partial charge >= 0.3 is 0 Å². The molecule has 0 bridgehead atoms. The van der Waals surface area contributed by atoms with Crippen molar-refractivity contribution in [1.29, 1.82) is 0 Å². The second-order valence-electron chi connectivity index (χ2n) is 4.86. The lowest BCUT2D eigenvalue weighted by Crippen LogP contribution is -2.03. The molecule has 0 saturated heterocycles. The van der Waals surface area contributed by atoms with E-state index in [4.69, 9.17) is 4.74 Å². The molecule has 1 N–H and O–H groups in total. The molecule has 0 aliphatic carbocycles. The zero-order valence-electron chi connectivity index (χ0n) is 11.9. The average molecular weight is 278 g/mol. The molecule has 0 saturated carbocycles. The molecule has 5 heteroatoms. The molecule has 2 rings (SSSR count). The molecule has 0 fully saturated rings. The molecule has 1 heterocycles. The summed E-state index contributed by atoms with van der Waals surface area (Å²) in [5.41, 5.74) is 1.99. The number of aliphatic hydroxyl groups excluding tert-OH is 1. The molecule has 0 atom stereocenters. The van der Waals surface area contributed by atoms with Crippen LogP contribution in [0.4, 0.5) is 4.39 Å². The highest BCUT2D eigenvalue weighted by Gasteiger charge is 2.22. The van der Waals surface area contributed by atoms with Crippen molar-refractivity contribution in [3.05, 3.63) is 41.3 Å². The lowest BCUT2D eigenvalue weighted by atomic mass is 10.0. The highest BCUT2D eigenvalue weighted by molar-refractivity contribution is 5.43. The van der Waals surface area contributed by atoms with Gasteiger partial charge in [-0.05, 0) is 18.1 Å². The van der Waals surface area contributed by atoms with Crippen LogP contribution in [0.5, 0.6) is 5.88 Å². The van der Waals surface area contributed by atoms with Crippen molar-refractivity contribution in [2.45, 2.75) is 26.2 Å². The monoisotopic (exact) mass is 278 g/mol. The Balaban J connectivity index is 2.64. The number of aliphatic hydroxyl groups is 1. The number of nitrogens with zero attached hydrogens (tertiary/aromatic N) is 2. The summed E-state index contributed by atoms with van der Waals surface area (Å²) in [6.07, 6.45) is 0.436. The van der Waals surface area contributed by atoms with Crippen molar-refractivity contribution in [3.8, 4) is 11.6 Å². The van der Waals surface area contributed by atoms with Gasteiger partial charge < -0.3 is 9.84 Å². The number of hydrogen-bond acceptors (Lipinski definition) is 3. The van der Waals surface area contributed by atoms with Crippen LogP contribution >= 0.6 is 0 Å². The Morgan fingerprint density at radius 1 is 1.35 bits per heavy atom. The Bertz CT molecular complexity index is 594. The quantitative estimate of drug-likeness (QED) is 0.914. The van der Waals surface area contributed by atoms with Gasteiger partial charge in [0, 0.05) is 18.6 Å². The molecule has 0 aliphatic rings. The Morgan fingerprint density at radius 3 is 2.60 bits per heavy atom. The first-order valence-corrected chi connectivity index (χ1v) is 6.61. The molecule has 0 aliphatic heterocycles. The number of rotatable bonds is 5. The van der Waals surface area contributed by atoms with Crippen molar-refractivity contribution >= 4 is 0 Å². The van der Waals surface area contributed by atoms with E-state index in [9.17, 15) is 9.50 Å². The maximum atomic E-state index is 14.0. The average Bonchev–Trinajstić information content (AvgIpc) is 2.78. The third kappa shape index (κ3) is 2.54. The summed E-state index contributed by atoms with van der Waals surface area (Å²) < 4.78 is 20.8. The van der Waals surface area contributed by atoms with E-state index in [1.807, 2.05) is 13.8 Å². The molecule has 1 aromatic heterocycles. The van der Waals surface area contributed by atoms with Gasteiger partial charge in [0.1, 0.15) is 11.5 Å². The molecule has 0 unspecified atom stereocenters. The zero-order valence-corrected chi connectivity index (χ0v) is 11.9. The molecular weight excluding hydrogens is 259 g/mol. The third-order valence-electron chi connectivity index (χ3n) is 3.15. The number of aromatic nitrogens is 2. The van der Waals surface area contributed by atoms with E-state index in [0.29, 0.717) is 18.0 Å². The minimum absolute atomic E-state index is 0.000947. The first-order chi connectivity index (χ1) is 9.60. The van der Waals surface area contributed by atoms with Gasteiger partial charge in [0.2, 0.25) is 5.88 Å². The predicted molar refractivity (Wildman–Crippen MR) is 75.0 cm³/mol. The van der Waals surface area contributed by atoms with E-state index < -0.39 is 0 Å². The van der Waals surface area contributed by atoms with Crippen molar-refractivity contribution in [2.75, 3.05) is 13.7 Å². The van der Waals surface area contributed by atoms with E-state index in [0.717, 1.165) is 11.3 Å². The van der Waals surface area contributed by atoms with Crippen LogP contribution in [0.15, 0.2) is 24.3 Å². The predicted octanol–water partition coefficient (Wildman–Crippen LogP) is 2.68. The van der Waals surface area contributed by atoms with E-state index in [1.165, 1.54) is 17.9 Å². The van der Waals surface area contributed by atoms with Crippen LogP contribution in [0.3, 0.4) is 0 Å². The number of halogens is 1. The summed E-state index contributed by atoms with van der Waals surface area (Å²) in [6, 6.07) is 6.42. The topological polar surface area (TPSA) is 47.3 Å². The van der Waals surface area contributed by atoms with Crippen LogP contribution in [0.2, 0.25) is 0 Å². The van der Waals surface area contributed by atoms with E-state index in [2.05, 4.69) is 5.10 Å². The lowest BCUT2D eigenvalue weighted by molar-refractivity contribution is 0.295. The van der Waals surface area contributed by atoms with E-state index in [-0.39, 0.29) is 18.3 Å². The van der Waals surface area contributed by atoms with Crippen molar-refractivity contribution in [2.24, 2.45) is 0 Å². The van der Waals surface area contributed by atoms with Crippen molar-refractivity contribution in [1.82, 2.24) is 9.78 Å². The summed E-state index contributed by atoms with van der Waals surface area (Å²) in [7, 11) is 1.53. The van der Waals surface area contributed by atoms with E-state index >= 15 is 0 Å². The van der Waals surface area contributed by atoms with Gasteiger partial charge in [-0.2, -0.15) is 9.78 Å². The van der Waals surface area contributed by atoms with Crippen LogP contribution < -0.4 is 4.74 Å². The number of methoxy groups -OCH3 is 1. The summed E-state index contributed by atoms with van der Waals surface area (Å²) in [6.45, 7) is 4.02. The SMILES string of the molecule is COc1c(CCO)c(C(C)C)nn1-c1ccccc1F. The highest BCUT2D eigenvalue weighted by Crippen LogP contribution is 2.31. The Hall–Kier alpha value is -1.88. The largest absolute Gasteiger partial charge is 0.481 e. The molecule has 108 valence electrons. The zero-order chi connectivity index (χ0) is 14.7. The van der Waals surface area contributed by atoms with Crippen LogP contribution in [-0.4, -0.2) is 28.6 Å². The highest BCUT2D eigenvalue weighted by atomic mass is 19.1. The fourth-order valence-corrected chi connectivity index (χ4v) is 2.26. The molecule has 0 amide bonds. The fourth-order valence-electron chi connectivity index (χ4n) is 2.26. The molecule has 4 nitrogen and oxygen atoms in total. The van der Waals surface area contributed by atoms with Gasteiger partial charge in [0.15, 0.2) is 0 Å². The van der Waals surface area contributed by atoms with Gasteiger partial charge in [0.25, 0.3) is 0 Å². The van der Waals surface area contributed by atoms with Crippen LogP contribution in [0.25, 0.3) is 5.69 Å². The van der Waals surface area contributed by atoms with Gasteiger partial charge in [0.05, 0.1) is 12.8 Å². The third-order valence-corrected chi connectivity index (χ3v) is 3.15. The molecule has 20 heavy (non-hydrogen) atoms. The van der Waals surface area contributed by atoms with Gasteiger partial charge in [-0.3, -0.25) is 0 Å². The number of benzene rings is 1. The first-order valence-electron chi connectivity index (χ1n) is 6.61. The molecule has 0 spiro atoms. The molecule has 0 radical (unpaired) electrons. The van der Waals surface area contributed by atoms with Crippen LogP contribution in [0.1, 0.15) is 31.0 Å². The molecule has 2 aromatic rings. The number of hydrogen-bond donors (Lipinski definition) is 1. The summed E-state index contributed by atoms with van der Waals surface area (Å²) >= 11 is 0.